The van der Waals surface area contributed by atoms with Gasteiger partial charge >= 0.3 is 0 Å². The number of aliphatic imine (C=N–C) groups is 1. The summed E-state index contributed by atoms with van der Waals surface area (Å²) in [4.78, 5) is 5.12. The Morgan fingerprint density at radius 3 is 2.27 bits per heavy atom. The van der Waals surface area contributed by atoms with Crippen molar-refractivity contribution in [1.29, 1.82) is 0 Å². The number of hydrogen-bond acceptors (Lipinski definition) is 1. The first-order valence-corrected chi connectivity index (χ1v) is 6.82. The first-order chi connectivity index (χ1) is 7.27. The molecule has 2 fully saturated rings. The fourth-order valence-corrected chi connectivity index (χ4v) is 3.52. The van der Waals surface area contributed by atoms with E-state index in [0.29, 0.717) is 5.54 Å². The third-order valence-corrected chi connectivity index (χ3v) is 4.51. The van der Waals surface area contributed by atoms with Crippen LogP contribution in [0.2, 0.25) is 0 Å². The van der Waals surface area contributed by atoms with Crippen molar-refractivity contribution in [2.45, 2.75) is 77.2 Å². The summed E-state index contributed by atoms with van der Waals surface area (Å²) in [7, 11) is 0. The van der Waals surface area contributed by atoms with Crippen molar-refractivity contribution in [3.8, 4) is 0 Å². The van der Waals surface area contributed by atoms with Crippen LogP contribution in [0.15, 0.2) is 4.99 Å². The maximum Gasteiger partial charge on any atom is 0.0635 e. The van der Waals surface area contributed by atoms with Gasteiger partial charge in [-0.05, 0) is 44.9 Å². The van der Waals surface area contributed by atoms with Crippen LogP contribution < -0.4 is 0 Å². The number of rotatable bonds is 3. The molecule has 2 aliphatic carbocycles. The van der Waals surface area contributed by atoms with Crippen LogP contribution in [-0.2, 0) is 0 Å². The molecule has 2 rings (SSSR count). The minimum Gasteiger partial charge on any atom is -0.288 e. The molecule has 0 bridgehead atoms. The van der Waals surface area contributed by atoms with E-state index in [1.807, 2.05) is 0 Å². The van der Waals surface area contributed by atoms with E-state index in [1.165, 1.54) is 57.1 Å². The molecule has 0 aromatic heterocycles. The quantitative estimate of drug-likeness (QED) is 0.610. The highest BCUT2D eigenvalue weighted by atomic mass is 14.9. The summed E-state index contributed by atoms with van der Waals surface area (Å²) in [6, 6.07) is 0. The Bertz CT molecular complexity index is 230. The standard InChI is InChI=1S/C14H25N/c1-3-12(2)15-14(10-6-7-11-14)13-8-4-5-9-13/h13H,3-11H2,1-2H3. The molecule has 0 atom stereocenters. The van der Waals surface area contributed by atoms with E-state index in [2.05, 4.69) is 13.8 Å². The van der Waals surface area contributed by atoms with Crippen LogP contribution in [0.5, 0.6) is 0 Å². The molecule has 0 heterocycles. The molecule has 0 aliphatic heterocycles. The van der Waals surface area contributed by atoms with Crippen molar-refractivity contribution in [3.05, 3.63) is 0 Å². The molecule has 0 N–H and O–H groups in total. The highest BCUT2D eigenvalue weighted by Gasteiger charge is 2.41. The third kappa shape index (κ3) is 2.26. The molecule has 86 valence electrons. The van der Waals surface area contributed by atoms with Crippen molar-refractivity contribution >= 4 is 5.71 Å². The lowest BCUT2D eigenvalue weighted by atomic mass is 9.81. The van der Waals surface area contributed by atoms with Gasteiger partial charge in [-0.3, -0.25) is 4.99 Å². The lowest BCUT2D eigenvalue weighted by Gasteiger charge is -2.32. The molecule has 0 saturated heterocycles. The largest absolute Gasteiger partial charge is 0.288 e. The second-order valence-electron chi connectivity index (χ2n) is 5.49. The minimum atomic E-state index is 0.386. The molecule has 2 saturated carbocycles. The average molecular weight is 207 g/mol. The van der Waals surface area contributed by atoms with Gasteiger partial charge in [0.1, 0.15) is 0 Å². The van der Waals surface area contributed by atoms with Crippen molar-refractivity contribution in [1.82, 2.24) is 0 Å². The molecule has 0 spiro atoms. The highest BCUT2D eigenvalue weighted by molar-refractivity contribution is 5.82. The van der Waals surface area contributed by atoms with Crippen molar-refractivity contribution < 1.29 is 0 Å². The molecule has 0 unspecified atom stereocenters. The van der Waals surface area contributed by atoms with Gasteiger partial charge in [0, 0.05) is 5.71 Å². The van der Waals surface area contributed by atoms with Gasteiger partial charge in [-0.25, -0.2) is 0 Å². The van der Waals surface area contributed by atoms with Gasteiger partial charge in [0.25, 0.3) is 0 Å². The van der Waals surface area contributed by atoms with Crippen LogP contribution in [0.4, 0.5) is 0 Å². The van der Waals surface area contributed by atoms with E-state index in [1.54, 1.807) is 0 Å². The summed E-state index contributed by atoms with van der Waals surface area (Å²) in [6.45, 7) is 4.45. The molecule has 0 aromatic carbocycles. The van der Waals surface area contributed by atoms with Gasteiger partial charge in [-0.2, -0.15) is 0 Å². The molecule has 15 heavy (non-hydrogen) atoms. The highest BCUT2D eigenvalue weighted by Crippen LogP contribution is 2.46. The zero-order valence-corrected chi connectivity index (χ0v) is 10.4. The number of hydrogen-bond donors (Lipinski definition) is 0. The topological polar surface area (TPSA) is 12.4 Å². The molecule has 2 aliphatic rings. The van der Waals surface area contributed by atoms with Crippen LogP contribution >= 0.6 is 0 Å². The zero-order chi connectivity index (χ0) is 10.7. The van der Waals surface area contributed by atoms with Crippen LogP contribution in [0.25, 0.3) is 0 Å². The second kappa shape index (κ2) is 4.67. The van der Waals surface area contributed by atoms with E-state index < -0.39 is 0 Å². The zero-order valence-electron chi connectivity index (χ0n) is 10.4. The monoisotopic (exact) mass is 207 g/mol. The molecule has 1 heteroatoms. The lowest BCUT2D eigenvalue weighted by Crippen LogP contribution is -2.32. The molecular formula is C14H25N. The minimum absolute atomic E-state index is 0.386. The fourth-order valence-electron chi connectivity index (χ4n) is 3.52. The van der Waals surface area contributed by atoms with E-state index in [-0.39, 0.29) is 0 Å². The smallest absolute Gasteiger partial charge is 0.0635 e. The maximum atomic E-state index is 5.12. The van der Waals surface area contributed by atoms with Gasteiger partial charge in [-0.15, -0.1) is 0 Å². The first kappa shape index (κ1) is 11.2. The van der Waals surface area contributed by atoms with Crippen LogP contribution in [-0.4, -0.2) is 11.3 Å². The van der Waals surface area contributed by atoms with Crippen molar-refractivity contribution in [2.75, 3.05) is 0 Å². The Labute approximate surface area is 94.4 Å². The van der Waals surface area contributed by atoms with Gasteiger partial charge < -0.3 is 0 Å². The summed E-state index contributed by atoms with van der Waals surface area (Å²) in [5.41, 5.74) is 1.76. The Morgan fingerprint density at radius 1 is 1.13 bits per heavy atom. The van der Waals surface area contributed by atoms with E-state index in [0.717, 1.165) is 12.3 Å². The van der Waals surface area contributed by atoms with Gasteiger partial charge in [0.05, 0.1) is 5.54 Å². The van der Waals surface area contributed by atoms with E-state index in [9.17, 15) is 0 Å². The summed E-state index contributed by atoms with van der Waals surface area (Å²) in [6.07, 6.45) is 12.5. The van der Waals surface area contributed by atoms with Crippen molar-refractivity contribution in [3.63, 3.8) is 0 Å². The predicted molar refractivity (Wildman–Crippen MR) is 66.6 cm³/mol. The Kier molecular flexibility index (Phi) is 3.48. The van der Waals surface area contributed by atoms with E-state index >= 15 is 0 Å². The summed E-state index contributed by atoms with van der Waals surface area (Å²) >= 11 is 0. The Hall–Kier alpha value is -0.330. The molecular weight excluding hydrogens is 182 g/mol. The lowest BCUT2D eigenvalue weighted by molar-refractivity contribution is 0.283. The first-order valence-electron chi connectivity index (χ1n) is 6.82. The summed E-state index contributed by atoms with van der Waals surface area (Å²) in [5.74, 6) is 0.918. The van der Waals surface area contributed by atoms with Crippen LogP contribution in [0.1, 0.15) is 71.6 Å². The predicted octanol–water partition coefficient (Wildman–Crippen LogP) is 4.36. The second-order valence-corrected chi connectivity index (χ2v) is 5.49. The molecule has 0 aromatic rings. The average Bonchev–Trinajstić information content (AvgIpc) is 2.87. The Morgan fingerprint density at radius 2 is 1.73 bits per heavy atom. The maximum absolute atomic E-state index is 5.12. The normalized spacial score (nSPS) is 27.5. The van der Waals surface area contributed by atoms with Crippen molar-refractivity contribution in [2.24, 2.45) is 10.9 Å². The molecule has 1 nitrogen and oxygen atoms in total. The summed E-state index contributed by atoms with van der Waals surface area (Å²) in [5, 5.41) is 0. The number of nitrogens with zero attached hydrogens (tertiary/aromatic N) is 1. The van der Waals surface area contributed by atoms with Gasteiger partial charge in [-0.1, -0.05) is 32.6 Å². The Balaban J connectivity index is 2.15. The SMILES string of the molecule is CCC(C)=NC1(C2CCCC2)CCCC1. The summed E-state index contributed by atoms with van der Waals surface area (Å²) < 4.78 is 0. The van der Waals surface area contributed by atoms with Crippen LogP contribution in [0.3, 0.4) is 0 Å². The third-order valence-electron chi connectivity index (χ3n) is 4.51. The molecule has 0 amide bonds. The van der Waals surface area contributed by atoms with E-state index in [4.69, 9.17) is 4.99 Å². The van der Waals surface area contributed by atoms with Gasteiger partial charge in [0.2, 0.25) is 0 Å². The van der Waals surface area contributed by atoms with Crippen LogP contribution in [0, 0.1) is 5.92 Å². The fraction of sp³-hybridized carbons (Fsp3) is 0.929. The van der Waals surface area contributed by atoms with Gasteiger partial charge in [0.15, 0.2) is 0 Å². The molecule has 0 radical (unpaired) electrons.